The molecule has 3 heterocycles. The van der Waals surface area contributed by atoms with E-state index in [1.54, 1.807) is 24.3 Å². The number of anilines is 1. The number of fused-ring (bicyclic) bond motifs is 4. The molecular formula is C25H25N5O5. The molecule has 2 aromatic carbocycles. The number of carbonyl (C=O) groups is 2. The van der Waals surface area contributed by atoms with Gasteiger partial charge in [-0.1, -0.05) is 30.3 Å². The first-order valence-corrected chi connectivity index (χ1v) is 11.3. The van der Waals surface area contributed by atoms with Crippen molar-refractivity contribution in [1.82, 2.24) is 10.9 Å². The molecule has 4 atom stereocenters. The van der Waals surface area contributed by atoms with E-state index >= 15 is 0 Å². The fourth-order valence-corrected chi connectivity index (χ4v) is 5.43. The standard InChI is InChI=1S/C25H25N5O5/c1-3-34-15-10-8-14(9-11-15)21-20-23(29-28-21)35-22(27)17(12-26)25(20)16-6-4-5-7-18(16)30(24(25)32)13-19(31)33-2/h4-11,20-21,23,28-29H,3,13,27H2,1-2H3. The molecule has 0 saturated carbocycles. The van der Waals surface area contributed by atoms with Gasteiger partial charge in [0.25, 0.3) is 0 Å². The molecule has 0 bridgehead atoms. The van der Waals surface area contributed by atoms with Crippen molar-refractivity contribution in [1.29, 1.82) is 5.26 Å². The van der Waals surface area contributed by atoms with E-state index in [2.05, 4.69) is 16.9 Å². The molecule has 1 fully saturated rings. The lowest BCUT2D eigenvalue weighted by Crippen LogP contribution is -2.56. The second-order valence-corrected chi connectivity index (χ2v) is 8.48. The van der Waals surface area contributed by atoms with E-state index < -0.39 is 35.5 Å². The monoisotopic (exact) mass is 475 g/mol. The molecule has 1 spiro atoms. The summed E-state index contributed by atoms with van der Waals surface area (Å²) in [5.74, 6) is -1.00. The van der Waals surface area contributed by atoms with Crippen LogP contribution in [0.3, 0.4) is 0 Å². The van der Waals surface area contributed by atoms with E-state index in [9.17, 15) is 14.9 Å². The van der Waals surface area contributed by atoms with Crippen LogP contribution in [0.1, 0.15) is 24.1 Å². The molecule has 10 heteroatoms. The van der Waals surface area contributed by atoms with Gasteiger partial charge in [0.05, 0.1) is 25.7 Å². The Morgan fingerprint density at radius 3 is 2.66 bits per heavy atom. The molecule has 3 aliphatic rings. The van der Waals surface area contributed by atoms with E-state index in [0.717, 1.165) is 11.3 Å². The van der Waals surface area contributed by atoms with E-state index in [-0.39, 0.29) is 18.0 Å². The maximum absolute atomic E-state index is 14.3. The highest BCUT2D eigenvalue weighted by Gasteiger charge is 2.67. The van der Waals surface area contributed by atoms with Crippen LogP contribution in [0, 0.1) is 17.2 Å². The summed E-state index contributed by atoms with van der Waals surface area (Å²) in [5, 5.41) is 10.2. The third-order valence-electron chi connectivity index (χ3n) is 6.84. The van der Waals surface area contributed by atoms with Gasteiger partial charge < -0.3 is 19.9 Å². The lowest BCUT2D eigenvalue weighted by atomic mass is 9.62. The second kappa shape index (κ2) is 8.61. The SMILES string of the molecule is CCOc1ccc(C2NNC3OC(N)=C(C#N)C4(C(=O)N(CC(=O)OC)c5ccccc54)C32)cc1. The van der Waals surface area contributed by atoms with Crippen LogP contribution in [0.15, 0.2) is 60.0 Å². The molecule has 0 aromatic heterocycles. The first-order valence-electron chi connectivity index (χ1n) is 11.3. The van der Waals surface area contributed by atoms with Gasteiger partial charge in [-0.2, -0.15) is 5.26 Å². The fourth-order valence-electron chi connectivity index (χ4n) is 5.43. The minimum atomic E-state index is -1.48. The summed E-state index contributed by atoms with van der Waals surface area (Å²) in [5.41, 5.74) is 13.1. The van der Waals surface area contributed by atoms with Crippen molar-refractivity contribution in [3.8, 4) is 11.8 Å². The number of nitrogens with two attached hydrogens (primary N) is 1. The van der Waals surface area contributed by atoms with E-state index in [4.69, 9.17) is 19.9 Å². The number of para-hydroxylation sites is 1. The van der Waals surface area contributed by atoms with Crippen LogP contribution in [0.2, 0.25) is 0 Å². The number of rotatable bonds is 5. The third-order valence-corrected chi connectivity index (χ3v) is 6.84. The molecule has 180 valence electrons. The number of hydrazine groups is 1. The Bertz CT molecular complexity index is 1250. The van der Waals surface area contributed by atoms with Crippen LogP contribution in [0.5, 0.6) is 5.75 Å². The molecule has 10 nitrogen and oxygen atoms in total. The van der Waals surface area contributed by atoms with Crippen LogP contribution in [0.25, 0.3) is 0 Å². The Hall–Kier alpha value is -4.07. The highest BCUT2D eigenvalue weighted by atomic mass is 16.5. The van der Waals surface area contributed by atoms with E-state index in [1.165, 1.54) is 12.0 Å². The van der Waals surface area contributed by atoms with Crippen LogP contribution in [0.4, 0.5) is 5.69 Å². The number of nitrogens with one attached hydrogen (secondary N) is 2. The second-order valence-electron chi connectivity index (χ2n) is 8.48. The van der Waals surface area contributed by atoms with Gasteiger partial charge in [-0.25, -0.2) is 10.9 Å². The zero-order chi connectivity index (χ0) is 24.7. The number of hydrogen-bond acceptors (Lipinski definition) is 9. The van der Waals surface area contributed by atoms with Gasteiger partial charge in [0.2, 0.25) is 11.8 Å². The van der Waals surface area contributed by atoms with Crippen molar-refractivity contribution in [2.75, 3.05) is 25.2 Å². The van der Waals surface area contributed by atoms with Gasteiger partial charge in [-0.15, -0.1) is 0 Å². The molecule has 1 saturated heterocycles. The highest BCUT2D eigenvalue weighted by molar-refractivity contribution is 6.13. The summed E-state index contributed by atoms with van der Waals surface area (Å²) in [6, 6.07) is 16.4. The van der Waals surface area contributed by atoms with Gasteiger partial charge in [-0.05, 0) is 36.2 Å². The Kier molecular flexibility index (Phi) is 5.59. The Labute approximate surface area is 202 Å². The van der Waals surface area contributed by atoms with Crippen molar-refractivity contribution in [3.05, 3.63) is 71.1 Å². The van der Waals surface area contributed by atoms with Crippen molar-refractivity contribution in [2.24, 2.45) is 11.7 Å². The maximum atomic E-state index is 14.3. The summed E-state index contributed by atoms with van der Waals surface area (Å²) >= 11 is 0. The van der Waals surface area contributed by atoms with Gasteiger partial charge in [0, 0.05) is 5.69 Å². The smallest absolute Gasteiger partial charge is 0.325 e. The number of nitrogens with zero attached hydrogens (tertiary/aromatic N) is 2. The Morgan fingerprint density at radius 1 is 1.23 bits per heavy atom. The Morgan fingerprint density at radius 2 is 1.97 bits per heavy atom. The number of benzene rings is 2. The average molecular weight is 476 g/mol. The quantitative estimate of drug-likeness (QED) is 0.547. The lowest BCUT2D eigenvalue weighted by molar-refractivity contribution is -0.140. The number of hydrogen-bond donors (Lipinski definition) is 3. The summed E-state index contributed by atoms with van der Waals surface area (Å²) in [7, 11) is 1.26. The van der Waals surface area contributed by atoms with Crippen LogP contribution >= 0.6 is 0 Å². The summed E-state index contributed by atoms with van der Waals surface area (Å²) in [4.78, 5) is 27.9. The third kappa shape index (κ3) is 3.24. The fraction of sp³-hybridized carbons (Fsp3) is 0.320. The zero-order valence-electron chi connectivity index (χ0n) is 19.3. The van der Waals surface area contributed by atoms with E-state index in [1.807, 2.05) is 31.2 Å². The first kappa shape index (κ1) is 22.7. The molecular weight excluding hydrogens is 450 g/mol. The predicted octanol–water partition coefficient (Wildman–Crippen LogP) is 1.36. The number of amides is 1. The van der Waals surface area contributed by atoms with Gasteiger partial charge >= 0.3 is 5.97 Å². The first-order chi connectivity index (χ1) is 17.0. The van der Waals surface area contributed by atoms with Gasteiger partial charge in [-0.3, -0.25) is 14.5 Å². The van der Waals surface area contributed by atoms with Crippen LogP contribution < -0.4 is 26.2 Å². The van der Waals surface area contributed by atoms with Gasteiger partial charge in [0.15, 0.2) is 6.23 Å². The maximum Gasteiger partial charge on any atom is 0.325 e. The normalized spacial score (nSPS) is 26.7. The summed E-state index contributed by atoms with van der Waals surface area (Å²) in [6.07, 6.45) is -0.709. The number of carbonyl (C=O) groups excluding carboxylic acids is 2. The van der Waals surface area contributed by atoms with Gasteiger partial charge in [0.1, 0.15) is 29.4 Å². The van der Waals surface area contributed by atoms with Crippen molar-refractivity contribution in [2.45, 2.75) is 24.6 Å². The number of nitriles is 1. The van der Waals surface area contributed by atoms with Crippen molar-refractivity contribution < 1.29 is 23.8 Å². The molecule has 5 rings (SSSR count). The predicted molar refractivity (Wildman–Crippen MR) is 124 cm³/mol. The number of ether oxygens (including phenoxy) is 3. The highest BCUT2D eigenvalue weighted by Crippen LogP contribution is 2.58. The van der Waals surface area contributed by atoms with E-state index in [0.29, 0.717) is 17.9 Å². The molecule has 0 aliphatic carbocycles. The van der Waals surface area contributed by atoms with Crippen LogP contribution in [-0.2, 0) is 24.5 Å². The largest absolute Gasteiger partial charge is 0.494 e. The van der Waals surface area contributed by atoms with Crippen molar-refractivity contribution in [3.63, 3.8) is 0 Å². The molecule has 4 N–H and O–H groups in total. The minimum absolute atomic E-state index is 0.0185. The molecule has 4 unspecified atom stereocenters. The number of methoxy groups -OCH3 is 1. The van der Waals surface area contributed by atoms with Crippen LogP contribution in [-0.4, -0.2) is 38.4 Å². The number of esters is 1. The Balaban J connectivity index is 1.70. The average Bonchev–Trinajstić information content (AvgIpc) is 3.39. The minimum Gasteiger partial charge on any atom is -0.494 e. The molecule has 2 aromatic rings. The zero-order valence-corrected chi connectivity index (χ0v) is 19.3. The molecule has 0 radical (unpaired) electrons. The molecule has 35 heavy (non-hydrogen) atoms. The lowest BCUT2D eigenvalue weighted by Gasteiger charge is -2.42. The van der Waals surface area contributed by atoms with Crippen molar-refractivity contribution >= 4 is 17.6 Å². The summed E-state index contributed by atoms with van der Waals surface area (Å²) in [6.45, 7) is 2.16. The molecule has 3 aliphatic heterocycles. The summed E-state index contributed by atoms with van der Waals surface area (Å²) < 4.78 is 16.3. The molecule has 1 amide bonds. The topological polar surface area (TPSA) is 139 Å².